The van der Waals surface area contributed by atoms with E-state index in [0.29, 0.717) is 18.1 Å². The van der Waals surface area contributed by atoms with Gasteiger partial charge in [0.2, 0.25) is 0 Å². The van der Waals surface area contributed by atoms with Gasteiger partial charge in [-0.25, -0.2) is 4.79 Å². The smallest absolute Gasteiger partial charge is 0.416 e. The van der Waals surface area contributed by atoms with Gasteiger partial charge >= 0.3 is 12.1 Å². The number of amides is 1. The van der Waals surface area contributed by atoms with Gasteiger partial charge in [-0.1, -0.05) is 44.5 Å². The first kappa shape index (κ1) is 27.3. The lowest BCUT2D eigenvalue weighted by Gasteiger charge is -2.38. The molecule has 0 radical (unpaired) electrons. The molecule has 0 spiro atoms. The highest BCUT2D eigenvalue weighted by atomic mass is 35.5. The molecule has 37 heavy (non-hydrogen) atoms. The quantitative estimate of drug-likeness (QED) is 0.240. The zero-order valence-electron chi connectivity index (χ0n) is 20.7. The summed E-state index contributed by atoms with van der Waals surface area (Å²) in [6, 6.07) is 7.22. The number of fused-ring (bicyclic) bond motifs is 2. The molecule has 2 aromatic carbocycles. The van der Waals surface area contributed by atoms with Crippen LogP contribution in [0.2, 0.25) is 5.02 Å². The number of carbonyl (C=O) groups is 2. The summed E-state index contributed by atoms with van der Waals surface area (Å²) in [6.45, 7) is 6.51. The summed E-state index contributed by atoms with van der Waals surface area (Å²) < 4.78 is 45.2. The molecule has 0 aromatic heterocycles. The fourth-order valence-corrected chi connectivity index (χ4v) is 6.06. The lowest BCUT2D eigenvalue weighted by Crippen LogP contribution is -2.38. The molecular weight excluding hydrogens is 511 g/mol. The third kappa shape index (κ3) is 4.79. The van der Waals surface area contributed by atoms with Crippen LogP contribution < -0.4 is 5.06 Å². The van der Waals surface area contributed by atoms with Crippen molar-refractivity contribution in [1.29, 1.82) is 0 Å². The Balaban J connectivity index is 1.48. The van der Waals surface area contributed by atoms with Gasteiger partial charge in [-0.3, -0.25) is 10.0 Å². The second kappa shape index (κ2) is 9.51. The van der Waals surface area contributed by atoms with Gasteiger partial charge in [-0.15, -0.1) is 0 Å². The molecule has 2 N–H and O–H groups in total. The van der Waals surface area contributed by atoms with E-state index in [2.05, 4.69) is 20.8 Å². The van der Waals surface area contributed by atoms with Gasteiger partial charge in [-0.2, -0.15) is 18.2 Å². The van der Waals surface area contributed by atoms with E-state index in [-0.39, 0.29) is 45.2 Å². The van der Waals surface area contributed by atoms with Crippen molar-refractivity contribution >= 4 is 29.2 Å². The zero-order valence-corrected chi connectivity index (χ0v) is 21.5. The van der Waals surface area contributed by atoms with E-state index in [4.69, 9.17) is 16.3 Å². The summed E-state index contributed by atoms with van der Waals surface area (Å²) in [4.78, 5) is 25.9. The van der Waals surface area contributed by atoms with Crippen LogP contribution in [0.1, 0.15) is 67.9 Å². The molecule has 6 nitrogen and oxygen atoms in total. The molecule has 10 heteroatoms. The van der Waals surface area contributed by atoms with Crippen molar-refractivity contribution in [3.63, 3.8) is 0 Å². The molecule has 2 aliphatic rings. The normalized spacial score (nSPS) is 24.2. The highest BCUT2D eigenvalue weighted by Gasteiger charge is 2.63. The third-order valence-electron chi connectivity index (χ3n) is 8.63. The average molecular weight is 540 g/mol. The summed E-state index contributed by atoms with van der Waals surface area (Å²) >= 11 is 5.73. The summed E-state index contributed by atoms with van der Waals surface area (Å²) in [6.07, 6.45) is -2.98. The number of phenolic OH excluding ortho intramolecular Hbond substituents is 1. The number of phenols is 1. The van der Waals surface area contributed by atoms with Crippen molar-refractivity contribution in [3.05, 3.63) is 58.1 Å². The van der Waals surface area contributed by atoms with Crippen LogP contribution in [-0.4, -0.2) is 28.3 Å². The summed E-state index contributed by atoms with van der Waals surface area (Å²) in [5.74, 6) is -1.68. The van der Waals surface area contributed by atoms with Gasteiger partial charge < -0.3 is 9.84 Å². The van der Waals surface area contributed by atoms with E-state index in [1.807, 2.05) is 0 Å². The summed E-state index contributed by atoms with van der Waals surface area (Å²) in [5.41, 5.74) is -1.52. The van der Waals surface area contributed by atoms with Gasteiger partial charge in [0.05, 0.1) is 21.8 Å². The van der Waals surface area contributed by atoms with E-state index in [1.54, 1.807) is 6.07 Å². The van der Waals surface area contributed by atoms with Crippen LogP contribution in [0.25, 0.3) is 0 Å². The Morgan fingerprint density at radius 1 is 1.19 bits per heavy atom. The van der Waals surface area contributed by atoms with E-state index in [9.17, 15) is 33.1 Å². The van der Waals surface area contributed by atoms with Gasteiger partial charge in [0.1, 0.15) is 11.9 Å². The van der Waals surface area contributed by atoms with Gasteiger partial charge in [0.25, 0.3) is 5.91 Å². The topological polar surface area (TPSA) is 87.1 Å². The molecule has 0 saturated heterocycles. The van der Waals surface area contributed by atoms with Crippen LogP contribution in [0, 0.1) is 16.7 Å². The van der Waals surface area contributed by atoms with Crippen molar-refractivity contribution in [2.75, 3.05) is 5.06 Å². The number of halogens is 4. The minimum absolute atomic E-state index is 0.00695. The Labute approximate surface area is 217 Å². The number of hydrogen-bond acceptors (Lipinski definition) is 5. The highest BCUT2D eigenvalue weighted by molar-refractivity contribution is 6.32. The van der Waals surface area contributed by atoms with Crippen molar-refractivity contribution in [2.24, 2.45) is 16.7 Å². The van der Waals surface area contributed by atoms with Crippen molar-refractivity contribution < 1.29 is 37.8 Å². The Hall–Kier alpha value is -2.78. The molecule has 3 unspecified atom stereocenters. The number of aryl methyl sites for hydroxylation is 1. The molecule has 0 heterocycles. The average Bonchev–Trinajstić information content (AvgIpc) is 3.17. The van der Waals surface area contributed by atoms with Gasteiger partial charge in [0, 0.05) is 11.8 Å². The number of hydrogen-bond donors (Lipinski definition) is 2. The lowest BCUT2D eigenvalue weighted by atomic mass is 9.70. The van der Waals surface area contributed by atoms with Gasteiger partial charge in [0.15, 0.2) is 0 Å². The van der Waals surface area contributed by atoms with Crippen molar-refractivity contribution in [1.82, 2.24) is 0 Å². The lowest BCUT2D eigenvalue weighted by molar-refractivity contribution is -0.137. The number of ether oxygens (including phenoxy) is 1. The second-order valence-corrected chi connectivity index (χ2v) is 11.1. The number of rotatable bonds is 6. The number of para-hydroxylation sites is 1. The second-order valence-electron chi connectivity index (χ2n) is 10.7. The monoisotopic (exact) mass is 539 g/mol. The first-order valence-corrected chi connectivity index (χ1v) is 12.4. The Morgan fingerprint density at radius 2 is 1.86 bits per heavy atom. The molecule has 2 aromatic rings. The number of hydroxylamine groups is 1. The molecule has 1 amide bonds. The number of nitrogens with zero attached hydrogens (tertiary/aromatic N) is 1. The molecule has 2 bridgehead atoms. The molecule has 2 saturated carbocycles. The minimum atomic E-state index is -4.69. The predicted octanol–water partition coefficient (Wildman–Crippen LogP) is 6.79. The standard InChI is InChI=1S/C27H29ClF3NO5/c1-25(2)16-10-11-26(25,3)21(14-16)37-24(35)18-6-4-5-7-20(18)32(36)22(33)9-8-15-12-17(27(29,30)31)13-19(28)23(15)34/h4-7,12-13,16,21,34,36H,8-11,14H2,1-3H3. The maximum atomic E-state index is 13.1. The van der Waals surface area contributed by atoms with Crippen molar-refractivity contribution in [3.8, 4) is 5.75 Å². The molecule has 4 rings (SSSR count). The number of anilines is 1. The van der Waals surface area contributed by atoms with E-state index in [1.165, 1.54) is 18.2 Å². The number of alkyl halides is 3. The van der Waals surface area contributed by atoms with Crippen molar-refractivity contribution in [2.45, 2.75) is 65.2 Å². The molecule has 3 atom stereocenters. The van der Waals surface area contributed by atoms with E-state index >= 15 is 0 Å². The maximum Gasteiger partial charge on any atom is 0.416 e. The number of carbonyl (C=O) groups excluding carboxylic acids is 2. The first-order chi connectivity index (χ1) is 17.2. The third-order valence-corrected chi connectivity index (χ3v) is 8.92. The van der Waals surface area contributed by atoms with Crippen LogP contribution in [0.5, 0.6) is 5.75 Å². The molecule has 2 aliphatic carbocycles. The minimum Gasteiger partial charge on any atom is -0.506 e. The summed E-state index contributed by atoms with van der Waals surface area (Å²) in [7, 11) is 0. The molecule has 0 aliphatic heterocycles. The summed E-state index contributed by atoms with van der Waals surface area (Å²) in [5, 5.41) is 20.5. The predicted molar refractivity (Wildman–Crippen MR) is 131 cm³/mol. The maximum absolute atomic E-state index is 13.1. The van der Waals surface area contributed by atoms with Crippen LogP contribution in [0.15, 0.2) is 36.4 Å². The highest BCUT2D eigenvalue weighted by Crippen LogP contribution is 2.66. The SMILES string of the molecule is CC1(C)C2CCC1(C)C(OC(=O)c1ccccc1N(O)C(=O)CCc1cc(C(F)(F)F)cc(Cl)c1O)C2. The number of esters is 1. The molecular formula is C27H29ClF3NO5. The van der Waals surface area contributed by atoms with E-state index in [0.717, 1.165) is 19.3 Å². The fraction of sp³-hybridized carbons (Fsp3) is 0.481. The fourth-order valence-electron chi connectivity index (χ4n) is 5.82. The van der Waals surface area contributed by atoms with Crippen LogP contribution >= 0.6 is 11.6 Å². The largest absolute Gasteiger partial charge is 0.506 e. The number of benzene rings is 2. The van der Waals surface area contributed by atoms with Crippen LogP contribution in [0.3, 0.4) is 0 Å². The Kier molecular flexibility index (Phi) is 7.01. The first-order valence-electron chi connectivity index (χ1n) is 12.1. The molecule has 2 fully saturated rings. The number of aromatic hydroxyl groups is 1. The Morgan fingerprint density at radius 3 is 2.46 bits per heavy atom. The van der Waals surface area contributed by atoms with Crippen LogP contribution in [0.4, 0.5) is 18.9 Å². The van der Waals surface area contributed by atoms with Crippen LogP contribution in [-0.2, 0) is 22.1 Å². The van der Waals surface area contributed by atoms with E-state index < -0.39 is 40.8 Å². The molecule has 200 valence electrons. The Bertz CT molecular complexity index is 1230. The van der Waals surface area contributed by atoms with Gasteiger partial charge in [-0.05, 0) is 66.8 Å². The zero-order chi connectivity index (χ0) is 27.3.